The van der Waals surface area contributed by atoms with Gasteiger partial charge in [-0.05, 0) is 49.6 Å². The van der Waals surface area contributed by atoms with Crippen molar-refractivity contribution in [1.29, 1.82) is 0 Å². The standard InChI is InChI=1S/C26H31N3O4/c1-18(7-4-5-16-30)26(33)21-8-2-3-10-23(21)29(25(26)32)17-19-11-13-20(14-12-19)28-24(31)22-9-6-15-27-22/h2-4,7-8,10-14,18,22,27,30,33H,5-6,9,15-17H2,1H3,(H,28,31)/b7-4+/t18-,22+,26+/m0/s1. The van der Waals surface area contributed by atoms with E-state index in [2.05, 4.69) is 10.6 Å². The van der Waals surface area contributed by atoms with Gasteiger partial charge in [-0.1, -0.05) is 49.4 Å². The molecule has 174 valence electrons. The van der Waals surface area contributed by atoms with Gasteiger partial charge in [0.2, 0.25) is 5.91 Å². The molecule has 0 radical (unpaired) electrons. The third-order valence-electron chi connectivity index (χ3n) is 6.50. The Morgan fingerprint density at radius 3 is 2.73 bits per heavy atom. The number of para-hydroxylation sites is 1. The third-order valence-corrected chi connectivity index (χ3v) is 6.50. The van der Waals surface area contributed by atoms with Gasteiger partial charge in [0.05, 0.1) is 18.3 Å². The van der Waals surface area contributed by atoms with Gasteiger partial charge < -0.3 is 25.7 Å². The summed E-state index contributed by atoms with van der Waals surface area (Å²) in [6.07, 6.45) is 5.89. The maximum Gasteiger partial charge on any atom is 0.264 e. The monoisotopic (exact) mass is 449 g/mol. The summed E-state index contributed by atoms with van der Waals surface area (Å²) < 4.78 is 0. The van der Waals surface area contributed by atoms with Gasteiger partial charge in [-0.15, -0.1) is 0 Å². The number of carbonyl (C=O) groups excluding carboxylic acids is 2. The van der Waals surface area contributed by atoms with Crippen LogP contribution in [0.1, 0.15) is 37.3 Å². The van der Waals surface area contributed by atoms with Gasteiger partial charge in [0, 0.05) is 23.8 Å². The Balaban J connectivity index is 1.51. The molecule has 33 heavy (non-hydrogen) atoms. The van der Waals surface area contributed by atoms with E-state index in [0.29, 0.717) is 29.9 Å². The fraction of sp³-hybridized carbons (Fsp3) is 0.385. The molecule has 2 aliphatic rings. The van der Waals surface area contributed by atoms with Crippen LogP contribution in [0.2, 0.25) is 0 Å². The number of aliphatic hydroxyl groups excluding tert-OH is 1. The fourth-order valence-electron chi connectivity index (χ4n) is 4.59. The topological polar surface area (TPSA) is 102 Å². The number of aliphatic hydroxyl groups is 2. The summed E-state index contributed by atoms with van der Waals surface area (Å²) >= 11 is 0. The smallest absolute Gasteiger partial charge is 0.264 e. The van der Waals surface area contributed by atoms with E-state index in [1.54, 1.807) is 23.1 Å². The van der Waals surface area contributed by atoms with Crippen molar-refractivity contribution >= 4 is 23.2 Å². The van der Waals surface area contributed by atoms with Crippen molar-refractivity contribution in [3.05, 3.63) is 71.8 Å². The van der Waals surface area contributed by atoms with E-state index in [4.69, 9.17) is 5.11 Å². The normalized spacial score (nSPS) is 23.2. The Kier molecular flexibility index (Phi) is 6.93. The van der Waals surface area contributed by atoms with Gasteiger partial charge in [-0.3, -0.25) is 9.59 Å². The van der Waals surface area contributed by atoms with Crippen molar-refractivity contribution in [2.45, 2.75) is 44.4 Å². The molecule has 2 aliphatic heterocycles. The summed E-state index contributed by atoms with van der Waals surface area (Å²) in [4.78, 5) is 27.4. The lowest BCUT2D eigenvalue weighted by Gasteiger charge is -2.27. The molecule has 0 aliphatic carbocycles. The average Bonchev–Trinajstić information content (AvgIpc) is 3.44. The quantitative estimate of drug-likeness (QED) is 0.464. The molecule has 2 aromatic carbocycles. The lowest BCUT2D eigenvalue weighted by atomic mass is 9.83. The van der Waals surface area contributed by atoms with E-state index in [9.17, 15) is 14.7 Å². The predicted octanol–water partition coefficient (Wildman–Crippen LogP) is 2.69. The van der Waals surface area contributed by atoms with Crippen LogP contribution < -0.4 is 15.5 Å². The van der Waals surface area contributed by atoms with Gasteiger partial charge in [-0.2, -0.15) is 0 Å². The van der Waals surface area contributed by atoms with E-state index in [1.807, 2.05) is 49.4 Å². The lowest BCUT2D eigenvalue weighted by molar-refractivity contribution is -0.139. The number of anilines is 2. The van der Waals surface area contributed by atoms with Crippen LogP contribution in [0, 0.1) is 5.92 Å². The van der Waals surface area contributed by atoms with Gasteiger partial charge in [0.25, 0.3) is 5.91 Å². The van der Waals surface area contributed by atoms with Gasteiger partial charge in [0.15, 0.2) is 5.60 Å². The molecular weight excluding hydrogens is 418 g/mol. The number of hydrogen-bond donors (Lipinski definition) is 4. The van der Waals surface area contributed by atoms with Gasteiger partial charge in [-0.25, -0.2) is 0 Å². The van der Waals surface area contributed by atoms with Gasteiger partial charge >= 0.3 is 0 Å². The highest BCUT2D eigenvalue weighted by Gasteiger charge is 2.52. The SMILES string of the molecule is C[C@@H](/C=C/CCO)[C@]1(O)C(=O)N(Cc2ccc(NC(=O)[C@H]3CCCN3)cc2)c2ccccc21. The van der Waals surface area contributed by atoms with Crippen molar-refractivity contribution in [3.8, 4) is 0 Å². The first-order valence-electron chi connectivity index (χ1n) is 11.5. The first kappa shape index (κ1) is 23.2. The maximum atomic E-state index is 13.5. The number of amides is 2. The number of rotatable bonds is 8. The Morgan fingerprint density at radius 1 is 1.27 bits per heavy atom. The second-order valence-corrected chi connectivity index (χ2v) is 8.74. The molecule has 2 amide bonds. The summed E-state index contributed by atoms with van der Waals surface area (Å²) in [7, 11) is 0. The van der Waals surface area contributed by atoms with E-state index >= 15 is 0 Å². The Morgan fingerprint density at radius 2 is 2.03 bits per heavy atom. The van der Waals surface area contributed by atoms with Crippen LogP contribution in [-0.2, 0) is 21.7 Å². The van der Waals surface area contributed by atoms with E-state index in [0.717, 1.165) is 24.9 Å². The second kappa shape index (κ2) is 9.87. The molecule has 0 saturated carbocycles. The Labute approximate surface area is 194 Å². The molecule has 2 heterocycles. The zero-order valence-electron chi connectivity index (χ0n) is 18.8. The summed E-state index contributed by atoms with van der Waals surface area (Å²) in [5, 5.41) is 26.7. The van der Waals surface area contributed by atoms with E-state index in [1.165, 1.54) is 0 Å². The van der Waals surface area contributed by atoms with Crippen molar-refractivity contribution < 1.29 is 19.8 Å². The minimum absolute atomic E-state index is 0.0198. The number of nitrogens with zero attached hydrogens (tertiary/aromatic N) is 1. The molecule has 7 heteroatoms. The fourth-order valence-corrected chi connectivity index (χ4v) is 4.59. The Hall–Kier alpha value is -3.00. The minimum Gasteiger partial charge on any atom is -0.396 e. The molecule has 2 aromatic rings. The number of carbonyl (C=O) groups is 2. The molecular formula is C26H31N3O4. The zero-order valence-corrected chi connectivity index (χ0v) is 18.8. The summed E-state index contributed by atoms with van der Waals surface area (Å²) in [6.45, 7) is 3.00. The maximum absolute atomic E-state index is 13.5. The van der Waals surface area contributed by atoms with Crippen molar-refractivity contribution in [2.24, 2.45) is 5.92 Å². The average molecular weight is 450 g/mol. The highest BCUT2D eigenvalue weighted by atomic mass is 16.3. The molecule has 1 fully saturated rings. The zero-order chi connectivity index (χ0) is 23.4. The van der Waals surface area contributed by atoms with Gasteiger partial charge in [0.1, 0.15) is 0 Å². The molecule has 4 N–H and O–H groups in total. The van der Waals surface area contributed by atoms with Crippen molar-refractivity contribution in [1.82, 2.24) is 5.32 Å². The van der Waals surface area contributed by atoms with Crippen LogP contribution in [0.3, 0.4) is 0 Å². The molecule has 3 atom stereocenters. The molecule has 4 rings (SSSR count). The summed E-state index contributed by atoms with van der Waals surface area (Å²) in [5.74, 6) is -0.851. The predicted molar refractivity (Wildman–Crippen MR) is 128 cm³/mol. The first-order chi connectivity index (χ1) is 15.9. The molecule has 0 unspecified atom stereocenters. The molecule has 0 bridgehead atoms. The van der Waals surface area contributed by atoms with Crippen molar-refractivity contribution in [2.75, 3.05) is 23.4 Å². The lowest BCUT2D eigenvalue weighted by Crippen LogP contribution is -2.44. The number of hydrogen-bond acceptors (Lipinski definition) is 5. The van der Waals surface area contributed by atoms with Crippen LogP contribution in [-0.4, -0.2) is 41.2 Å². The van der Waals surface area contributed by atoms with Crippen LogP contribution in [0.4, 0.5) is 11.4 Å². The molecule has 0 spiro atoms. The summed E-state index contributed by atoms with van der Waals surface area (Å²) in [6, 6.07) is 14.6. The van der Waals surface area contributed by atoms with Crippen LogP contribution >= 0.6 is 0 Å². The minimum atomic E-state index is -1.66. The summed E-state index contributed by atoms with van der Waals surface area (Å²) in [5.41, 5.74) is 1.22. The first-order valence-corrected chi connectivity index (χ1v) is 11.5. The van der Waals surface area contributed by atoms with Crippen LogP contribution in [0.25, 0.3) is 0 Å². The van der Waals surface area contributed by atoms with Crippen LogP contribution in [0.15, 0.2) is 60.7 Å². The largest absolute Gasteiger partial charge is 0.396 e. The second-order valence-electron chi connectivity index (χ2n) is 8.74. The highest BCUT2D eigenvalue weighted by molar-refractivity contribution is 6.07. The number of benzene rings is 2. The molecule has 7 nitrogen and oxygen atoms in total. The van der Waals surface area contributed by atoms with E-state index in [-0.39, 0.29) is 24.5 Å². The van der Waals surface area contributed by atoms with Crippen LogP contribution in [0.5, 0.6) is 0 Å². The number of nitrogens with one attached hydrogen (secondary N) is 2. The third kappa shape index (κ3) is 4.57. The number of fused-ring (bicyclic) bond motifs is 1. The Bertz CT molecular complexity index is 1030. The highest BCUT2D eigenvalue weighted by Crippen LogP contribution is 2.45. The van der Waals surface area contributed by atoms with Crippen molar-refractivity contribution in [3.63, 3.8) is 0 Å². The van der Waals surface area contributed by atoms with E-state index < -0.39 is 11.5 Å². The molecule has 0 aromatic heterocycles. The molecule has 1 saturated heterocycles.